The van der Waals surface area contributed by atoms with Crippen molar-refractivity contribution in [2.75, 3.05) is 13.2 Å². The summed E-state index contributed by atoms with van der Waals surface area (Å²) in [4.78, 5) is 0.273. The second-order valence-electron chi connectivity index (χ2n) is 4.12. The Kier molecular flexibility index (Phi) is 3.87. The Morgan fingerprint density at radius 3 is 2.82 bits per heavy atom. The summed E-state index contributed by atoms with van der Waals surface area (Å²) in [7, 11) is -3.47. The molecule has 17 heavy (non-hydrogen) atoms. The Labute approximate surface area is 110 Å². The Hall–Kier alpha value is -0.430. The molecule has 1 fully saturated rings. The minimum absolute atomic E-state index is 0.117. The van der Waals surface area contributed by atoms with Gasteiger partial charge in [-0.15, -0.1) is 0 Å². The highest BCUT2D eigenvalue weighted by atomic mass is 79.9. The van der Waals surface area contributed by atoms with Gasteiger partial charge in [0.05, 0.1) is 11.5 Å². The van der Waals surface area contributed by atoms with Crippen molar-refractivity contribution in [3.8, 4) is 0 Å². The van der Waals surface area contributed by atoms with Crippen molar-refractivity contribution in [3.63, 3.8) is 0 Å². The van der Waals surface area contributed by atoms with Gasteiger partial charge in [-0.05, 0) is 47.0 Å². The van der Waals surface area contributed by atoms with Crippen LogP contribution in [0.5, 0.6) is 0 Å². The third kappa shape index (κ3) is 3.07. The van der Waals surface area contributed by atoms with Crippen molar-refractivity contribution >= 4 is 26.0 Å². The maximum absolute atomic E-state index is 12.1. The molecule has 0 aliphatic carbocycles. The molecule has 0 amide bonds. The van der Waals surface area contributed by atoms with Gasteiger partial charge >= 0.3 is 0 Å². The second kappa shape index (κ2) is 5.06. The van der Waals surface area contributed by atoms with Crippen LogP contribution in [-0.4, -0.2) is 27.7 Å². The van der Waals surface area contributed by atoms with Gasteiger partial charge in [-0.2, -0.15) is 0 Å². The smallest absolute Gasteiger partial charge is 0.242 e. The predicted molar refractivity (Wildman–Crippen MR) is 68.4 cm³/mol. The van der Waals surface area contributed by atoms with Gasteiger partial charge in [0.2, 0.25) is 10.0 Å². The van der Waals surface area contributed by atoms with Gasteiger partial charge in [-0.3, -0.25) is 0 Å². The molecule has 1 atom stereocenters. The van der Waals surface area contributed by atoms with Gasteiger partial charge in [-0.1, -0.05) is 6.07 Å². The van der Waals surface area contributed by atoms with E-state index in [0.29, 0.717) is 17.7 Å². The molecule has 1 N–H and O–H groups in total. The predicted octanol–water partition coefficient (Wildman–Crippen LogP) is 1.82. The molecule has 1 aromatic carbocycles. The largest absolute Gasteiger partial charge is 0.380 e. The normalized spacial score (nSPS) is 20.7. The lowest BCUT2D eigenvalue weighted by Crippen LogP contribution is -2.35. The van der Waals surface area contributed by atoms with E-state index in [1.807, 2.05) is 6.92 Å². The molecule has 2 rings (SSSR count). The molecular formula is C11H14BrNO3S. The molecule has 1 aliphatic rings. The van der Waals surface area contributed by atoms with Gasteiger partial charge in [0.25, 0.3) is 0 Å². The number of ether oxygens (including phenoxy) is 1. The number of nitrogens with one attached hydrogen (secondary N) is 1. The molecule has 4 nitrogen and oxygen atoms in total. The van der Waals surface area contributed by atoms with Gasteiger partial charge in [0.15, 0.2) is 0 Å². The van der Waals surface area contributed by atoms with Crippen LogP contribution >= 0.6 is 15.9 Å². The minimum atomic E-state index is -3.47. The van der Waals surface area contributed by atoms with Gasteiger partial charge in [-0.25, -0.2) is 13.1 Å². The monoisotopic (exact) mass is 319 g/mol. The zero-order valence-corrected chi connectivity index (χ0v) is 11.8. The summed E-state index contributed by atoms with van der Waals surface area (Å²) in [5.41, 5.74) is 1.01. The van der Waals surface area contributed by atoms with Crippen LogP contribution in [0.25, 0.3) is 0 Å². The summed E-state index contributed by atoms with van der Waals surface area (Å²) < 4.78 is 32.6. The van der Waals surface area contributed by atoms with E-state index in [1.54, 1.807) is 18.2 Å². The molecule has 1 saturated heterocycles. The first-order chi connectivity index (χ1) is 7.99. The first-order valence-electron chi connectivity index (χ1n) is 5.35. The molecule has 1 unspecified atom stereocenters. The zero-order valence-electron chi connectivity index (χ0n) is 9.44. The standard InChI is InChI=1S/C11H14BrNO3S/c1-8-2-3-11(10(12)6-8)17(14,15)13-9-4-5-16-7-9/h2-3,6,9,13H,4-5,7H2,1H3. The number of halogens is 1. The van der Waals surface area contributed by atoms with Crippen LogP contribution < -0.4 is 4.72 Å². The fourth-order valence-corrected chi connectivity index (χ4v) is 4.18. The van der Waals surface area contributed by atoms with Crippen LogP contribution in [0, 0.1) is 6.92 Å². The third-order valence-electron chi connectivity index (χ3n) is 2.63. The van der Waals surface area contributed by atoms with Crippen molar-refractivity contribution < 1.29 is 13.2 Å². The topological polar surface area (TPSA) is 55.4 Å². The lowest BCUT2D eigenvalue weighted by Gasteiger charge is -2.12. The number of aryl methyl sites for hydroxylation is 1. The molecule has 0 spiro atoms. The van der Waals surface area contributed by atoms with Crippen molar-refractivity contribution in [1.29, 1.82) is 0 Å². The number of hydrogen-bond acceptors (Lipinski definition) is 3. The average molecular weight is 320 g/mol. The van der Waals surface area contributed by atoms with Crippen LogP contribution in [0.3, 0.4) is 0 Å². The Morgan fingerprint density at radius 1 is 1.47 bits per heavy atom. The van der Waals surface area contributed by atoms with Crippen molar-refractivity contribution in [2.45, 2.75) is 24.3 Å². The number of hydrogen-bond donors (Lipinski definition) is 1. The van der Waals surface area contributed by atoms with Crippen molar-refractivity contribution in [2.24, 2.45) is 0 Å². The number of rotatable bonds is 3. The molecule has 6 heteroatoms. The van der Waals surface area contributed by atoms with Gasteiger partial charge in [0, 0.05) is 17.1 Å². The third-order valence-corrected chi connectivity index (χ3v) is 5.13. The first kappa shape index (κ1) is 13.0. The summed E-state index contributed by atoms with van der Waals surface area (Å²) in [6, 6.07) is 5.06. The summed E-state index contributed by atoms with van der Waals surface area (Å²) in [6.07, 6.45) is 0.725. The Balaban J connectivity index is 2.24. The molecule has 0 saturated carbocycles. The summed E-state index contributed by atoms with van der Waals surface area (Å²) in [6.45, 7) is 2.98. The average Bonchev–Trinajstić information content (AvgIpc) is 2.68. The van der Waals surface area contributed by atoms with Crippen molar-refractivity contribution in [1.82, 2.24) is 4.72 Å². The van der Waals surface area contributed by atoms with Gasteiger partial charge < -0.3 is 4.74 Å². The zero-order chi connectivity index (χ0) is 12.5. The van der Waals surface area contributed by atoms with Crippen LogP contribution in [0.4, 0.5) is 0 Å². The molecule has 1 aliphatic heterocycles. The van der Waals surface area contributed by atoms with E-state index < -0.39 is 10.0 Å². The highest BCUT2D eigenvalue weighted by Crippen LogP contribution is 2.23. The molecule has 0 radical (unpaired) electrons. The van der Waals surface area contributed by atoms with E-state index in [4.69, 9.17) is 4.74 Å². The highest BCUT2D eigenvalue weighted by Gasteiger charge is 2.24. The lowest BCUT2D eigenvalue weighted by molar-refractivity contribution is 0.192. The van der Waals surface area contributed by atoms with Crippen LogP contribution in [0.2, 0.25) is 0 Å². The van der Waals surface area contributed by atoms with Crippen molar-refractivity contribution in [3.05, 3.63) is 28.2 Å². The SMILES string of the molecule is Cc1ccc(S(=O)(=O)NC2CCOC2)c(Br)c1. The van der Waals surface area contributed by atoms with E-state index >= 15 is 0 Å². The maximum atomic E-state index is 12.1. The molecule has 0 aromatic heterocycles. The van der Waals surface area contributed by atoms with Crippen LogP contribution in [-0.2, 0) is 14.8 Å². The molecule has 1 heterocycles. The van der Waals surface area contributed by atoms with Gasteiger partial charge in [0.1, 0.15) is 0 Å². The number of benzene rings is 1. The quantitative estimate of drug-likeness (QED) is 0.924. The number of sulfonamides is 1. The summed E-state index contributed by atoms with van der Waals surface area (Å²) in [5.74, 6) is 0. The lowest BCUT2D eigenvalue weighted by atomic mass is 10.2. The van der Waals surface area contributed by atoms with E-state index in [9.17, 15) is 8.42 Å². The van der Waals surface area contributed by atoms with E-state index in [-0.39, 0.29) is 10.9 Å². The molecular weight excluding hydrogens is 306 g/mol. The summed E-state index contributed by atoms with van der Waals surface area (Å²) in [5, 5.41) is 0. The Bertz CT molecular complexity index is 509. The van der Waals surface area contributed by atoms with Crippen LogP contribution in [0.1, 0.15) is 12.0 Å². The first-order valence-corrected chi connectivity index (χ1v) is 7.63. The molecule has 1 aromatic rings. The second-order valence-corrected chi connectivity index (χ2v) is 6.65. The van der Waals surface area contributed by atoms with E-state index in [1.165, 1.54) is 0 Å². The highest BCUT2D eigenvalue weighted by molar-refractivity contribution is 9.10. The fourth-order valence-electron chi connectivity index (χ4n) is 1.73. The molecule has 0 bridgehead atoms. The fraction of sp³-hybridized carbons (Fsp3) is 0.455. The Morgan fingerprint density at radius 2 is 2.24 bits per heavy atom. The van der Waals surface area contributed by atoms with E-state index in [2.05, 4.69) is 20.7 Å². The summed E-state index contributed by atoms with van der Waals surface area (Å²) >= 11 is 3.28. The minimum Gasteiger partial charge on any atom is -0.380 e. The van der Waals surface area contributed by atoms with Crippen LogP contribution in [0.15, 0.2) is 27.6 Å². The van der Waals surface area contributed by atoms with E-state index in [0.717, 1.165) is 12.0 Å². The maximum Gasteiger partial charge on any atom is 0.242 e. The molecule has 94 valence electrons.